The third-order valence-electron chi connectivity index (χ3n) is 5.07. The number of carboxylic acids is 1. The van der Waals surface area contributed by atoms with Gasteiger partial charge < -0.3 is 31.1 Å². The maximum Gasteiger partial charge on any atom is 0.326 e. The quantitative estimate of drug-likeness (QED) is 0.435. The summed E-state index contributed by atoms with van der Waals surface area (Å²) in [5, 5.41) is 22.1. The first-order valence-electron chi connectivity index (χ1n) is 9.17. The van der Waals surface area contributed by atoms with Crippen molar-refractivity contribution in [1.82, 2.24) is 15.2 Å². The van der Waals surface area contributed by atoms with Crippen LogP contribution in [0.2, 0.25) is 0 Å². The summed E-state index contributed by atoms with van der Waals surface area (Å²) in [7, 11) is 0. The second-order valence-corrected chi connectivity index (χ2v) is 6.94. The summed E-state index contributed by atoms with van der Waals surface area (Å²) in [6.45, 7) is -0.160. The number of hydrogen-bond donors (Lipinski definition) is 5. The van der Waals surface area contributed by atoms with Gasteiger partial charge >= 0.3 is 5.97 Å². The van der Waals surface area contributed by atoms with Crippen LogP contribution in [0.25, 0.3) is 10.9 Å². The molecule has 1 saturated heterocycles. The molecule has 0 radical (unpaired) electrons. The Hall–Kier alpha value is -2.91. The van der Waals surface area contributed by atoms with Crippen molar-refractivity contribution in [2.75, 3.05) is 13.2 Å². The number of nitrogens with two attached hydrogens (primary N) is 1. The van der Waals surface area contributed by atoms with Gasteiger partial charge in [0.25, 0.3) is 0 Å². The molecule has 0 saturated carbocycles. The normalized spacial score (nSPS) is 18.8. The summed E-state index contributed by atoms with van der Waals surface area (Å²) in [5.41, 5.74) is 7.25. The average molecular weight is 388 g/mol. The first-order chi connectivity index (χ1) is 13.4. The molecule has 0 spiro atoms. The lowest BCUT2D eigenvalue weighted by molar-refractivity contribution is -0.144. The van der Waals surface area contributed by atoms with E-state index in [1.165, 1.54) is 4.90 Å². The van der Waals surface area contributed by atoms with Gasteiger partial charge in [0.15, 0.2) is 0 Å². The molecule has 150 valence electrons. The lowest BCUT2D eigenvalue weighted by atomic mass is 10.0. The van der Waals surface area contributed by atoms with E-state index in [2.05, 4.69) is 10.3 Å². The Morgan fingerprint density at radius 1 is 1.32 bits per heavy atom. The van der Waals surface area contributed by atoms with Crippen molar-refractivity contribution in [3.8, 4) is 0 Å². The molecule has 2 aromatic rings. The van der Waals surface area contributed by atoms with Crippen LogP contribution in [0.3, 0.4) is 0 Å². The summed E-state index contributed by atoms with van der Waals surface area (Å²) in [6.07, 6.45) is 2.89. The molecule has 9 nitrogen and oxygen atoms in total. The summed E-state index contributed by atoms with van der Waals surface area (Å²) in [6, 6.07) is 4.51. The second kappa shape index (κ2) is 8.41. The fourth-order valence-electron chi connectivity index (χ4n) is 3.58. The Kier molecular flexibility index (Phi) is 5.96. The Labute approximate surface area is 161 Å². The number of para-hydroxylation sites is 1. The molecular formula is C19H24N4O5. The van der Waals surface area contributed by atoms with Crippen LogP contribution < -0.4 is 11.1 Å². The van der Waals surface area contributed by atoms with Gasteiger partial charge in [-0.05, 0) is 24.5 Å². The molecule has 0 unspecified atom stereocenters. The predicted octanol–water partition coefficient (Wildman–Crippen LogP) is -0.410. The number of benzene rings is 1. The molecule has 1 aromatic carbocycles. The SMILES string of the molecule is N[C@@H](CO)C(=O)N1CCC[C@H]1C(=O)N[C@@H](Cc1c[nH]c2ccccc12)C(=O)O. The number of aliphatic hydroxyl groups excluding tert-OH is 1. The number of aromatic amines is 1. The van der Waals surface area contributed by atoms with E-state index in [0.717, 1.165) is 16.5 Å². The maximum absolute atomic E-state index is 12.7. The zero-order valence-corrected chi connectivity index (χ0v) is 15.3. The first-order valence-corrected chi connectivity index (χ1v) is 9.17. The molecule has 2 amide bonds. The minimum Gasteiger partial charge on any atom is -0.480 e. The van der Waals surface area contributed by atoms with Crippen LogP contribution in [0.1, 0.15) is 18.4 Å². The zero-order valence-electron chi connectivity index (χ0n) is 15.3. The van der Waals surface area contributed by atoms with Gasteiger partial charge in [-0.15, -0.1) is 0 Å². The molecule has 2 heterocycles. The molecule has 1 aromatic heterocycles. The number of carbonyl (C=O) groups excluding carboxylic acids is 2. The third-order valence-corrected chi connectivity index (χ3v) is 5.07. The van der Waals surface area contributed by atoms with E-state index in [-0.39, 0.29) is 6.42 Å². The molecule has 0 aliphatic carbocycles. The fourth-order valence-corrected chi connectivity index (χ4v) is 3.58. The number of carboxylic acid groups (broad SMARTS) is 1. The standard InChI is InChI=1S/C19H24N4O5/c20-13(10-24)18(26)23-7-3-6-16(23)17(25)22-15(19(27)28)8-11-9-21-14-5-2-1-4-12(11)14/h1-2,4-5,9,13,15-16,21,24H,3,6-8,10,20H2,(H,22,25)(H,27,28)/t13-,15-,16-/m0/s1. The van der Waals surface area contributed by atoms with E-state index in [4.69, 9.17) is 10.8 Å². The molecular weight excluding hydrogens is 364 g/mol. The average Bonchev–Trinajstić information content (AvgIpc) is 3.33. The predicted molar refractivity (Wildman–Crippen MR) is 101 cm³/mol. The molecule has 28 heavy (non-hydrogen) atoms. The van der Waals surface area contributed by atoms with Crippen molar-refractivity contribution < 1.29 is 24.6 Å². The number of hydrogen-bond acceptors (Lipinski definition) is 5. The number of H-pyrrole nitrogens is 1. The van der Waals surface area contributed by atoms with Crippen molar-refractivity contribution in [3.05, 3.63) is 36.0 Å². The molecule has 1 aliphatic rings. The smallest absolute Gasteiger partial charge is 0.326 e. The number of nitrogens with zero attached hydrogens (tertiary/aromatic N) is 1. The fraction of sp³-hybridized carbons (Fsp3) is 0.421. The molecule has 1 aliphatic heterocycles. The summed E-state index contributed by atoms with van der Waals surface area (Å²) < 4.78 is 0. The van der Waals surface area contributed by atoms with Crippen molar-refractivity contribution in [3.63, 3.8) is 0 Å². The van der Waals surface area contributed by atoms with E-state index in [1.54, 1.807) is 6.20 Å². The number of fused-ring (bicyclic) bond motifs is 1. The van der Waals surface area contributed by atoms with Gasteiger partial charge in [0.2, 0.25) is 11.8 Å². The Morgan fingerprint density at radius 2 is 2.07 bits per heavy atom. The van der Waals surface area contributed by atoms with Crippen LogP contribution in [0.4, 0.5) is 0 Å². The van der Waals surface area contributed by atoms with Crippen LogP contribution in [-0.4, -0.2) is 69.2 Å². The number of amides is 2. The van der Waals surface area contributed by atoms with Gasteiger partial charge in [0.1, 0.15) is 18.1 Å². The third kappa shape index (κ3) is 4.00. The van der Waals surface area contributed by atoms with Crippen molar-refractivity contribution in [2.24, 2.45) is 5.73 Å². The van der Waals surface area contributed by atoms with Crippen LogP contribution in [-0.2, 0) is 20.8 Å². The summed E-state index contributed by atoms with van der Waals surface area (Å²) in [5.74, 6) is -2.19. The number of aromatic nitrogens is 1. The molecule has 1 fully saturated rings. The Bertz CT molecular complexity index is 880. The zero-order chi connectivity index (χ0) is 20.3. The highest BCUT2D eigenvalue weighted by Crippen LogP contribution is 2.21. The molecule has 3 rings (SSSR count). The van der Waals surface area contributed by atoms with Crippen molar-refractivity contribution in [1.29, 1.82) is 0 Å². The van der Waals surface area contributed by atoms with Crippen LogP contribution in [0.5, 0.6) is 0 Å². The van der Waals surface area contributed by atoms with E-state index >= 15 is 0 Å². The number of aliphatic hydroxyl groups is 1. The van der Waals surface area contributed by atoms with Crippen LogP contribution in [0.15, 0.2) is 30.5 Å². The molecule has 9 heteroatoms. The van der Waals surface area contributed by atoms with Crippen LogP contribution >= 0.6 is 0 Å². The van der Waals surface area contributed by atoms with E-state index < -0.39 is 42.5 Å². The molecule has 3 atom stereocenters. The molecule has 6 N–H and O–H groups in total. The molecule has 0 bridgehead atoms. The van der Waals surface area contributed by atoms with Crippen LogP contribution in [0, 0.1) is 0 Å². The first kappa shape index (κ1) is 19.8. The lowest BCUT2D eigenvalue weighted by Crippen LogP contribution is -2.54. The summed E-state index contributed by atoms with van der Waals surface area (Å²) in [4.78, 5) is 41.1. The Morgan fingerprint density at radius 3 is 2.79 bits per heavy atom. The van der Waals surface area contributed by atoms with E-state index in [9.17, 15) is 19.5 Å². The number of nitrogens with one attached hydrogen (secondary N) is 2. The van der Waals surface area contributed by atoms with Crippen molar-refractivity contribution in [2.45, 2.75) is 37.4 Å². The van der Waals surface area contributed by atoms with Gasteiger partial charge in [-0.2, -0.15) is 0 Å². The monoisotopic (exact) mass is 388 g/mol. The van der Waals surface area contributed by atoms with Gasteiger partial charge in [-0.3, -0.25) is 9.59 Å². The van der Waals surface area contributed by atoms with E-state index in [0.29, 0.717) is 19.4 Å². The van der Waals surface area contributed by atoms with Gasteiger partial charge in [0, 0.05) is 30.1 Å². The highest BCUT2D eigenvalue weighted by molar-refractivity contribution is 5.92. The highest BCUT2D eigenvalue weighted by atomic mass is 16.4. The second-order valence-electron chi connectivity index (χ2n) is 6.94. The van der Waals surface area contributed by atoms with E-state index in [1.807, 2.05) is 24.3 Å². The summed E-state index contributed by atoms with van der Waals surface area (Å²) >= 11 is 0. The van der Waals surface area contributed by atoms with Gasteiger partial charge in [-0.25, -0.2) is 4.79 Å². The van der Waals surface area contributed by atoms with Gasteiger partial charge in [-0.1, -0.05) is 18.2 Å². The maximum atomic E-state index is 12.7. The van der Waals surface area contributed by atoms with Gasteiger partial charge in [0.05, 0.1) is 6.61 Å². The minimum absolute atomic E-state index is 0.113. The topological polar surface area (TPSA) is 149 Å². The highest BCUT2D eigenvalue weighted by Gasteiger charge is 2.37. The largest absolute Gasteiger partial charge is 0.480 e. The number of carbonyl (C=O) groups is 3. The minimum atomic E-state index is -1.15. The van der Waals surface area contributed by atoms with Crippen molar-refractivity contribution >= 4 is 28.7 Å². The Balaban J connectivity index is 1.72. The number of likely N-dealkylation sites (tertiary alicyclic amines) is 1. The lowest BCUT2D eigenvalue weighted by Gasteiger charge is -2.27. The number of rotatable bonds is 7. The number of aliphatic carboxylic acids is 1.